The van der Waals surface area contributed by atoms with Crippen LogP contribution in [0.3, 0.4) is 0 Å². The van der Waals surface area contributed by atoms with Crippen LogP contribution in [-0.4, -0.2) is 58.6 Å². The summed E-state index contributed by atoms with van der Waals surface area (Å²) >= 11 is 3.34. The second kappa shape index (κ2) is 11.2. The Morgan fingerprint density at radius 2 is 1.53 bits per heavy atom. The van der Waals surface area contributed by atoms with Gasteiger partial charge in [-0.1, -0.05) is 41.5 Å². The van der Waals surface area contributed by atoms with Gasteiger partial charge in [-0.25, -0.2) is 0 Å². The lowest BCUT2D eigenvalue weighted by Gasteiger charge is -2.31. The van der Waals surface area contributed by atoms with Gasteiger partial charge in [0.1, 0.15) is 11.6 Å². The minimum atomic E-state index is -0.276. The summed E-state index contributed by atoms with van der Waals surface area (Å²) in [6, 6.07) is 3.75. The van der Waals surface area contributed by atoms with Crippen LogP contribution in [-0.2, 0) is 15.6 Å². The molecule has 1 aromatic carbocycles. The highest BCUT2D eigenvalue weighted by atomic mass is 79.9. The molecule has 2 aliphatic heterocycles. The number of carbonyl (C=O) groups is 2. The van der Waals surface area contributed by atoms with E-state index in [0.29, 0.717) is 23.1 Å². The van der Waals surface area contributed by atoms with Gasteiger partial charge in [-0.3, -0.25) is 9.59 Å². The topological polar surface area (TPSA) is 73.2 Å². The minimum Gasteiger partial charge on any atom is -0.507 e. The number of carbonyl (C=O) groups excluding carboxylic acids is 2. The van der Waals surface area contributed by atoms with Crippen LogP contribution in [0.1, 0.15) is 102 Å². The number of hydrogen-bond acceptors (Lipinski definition) is 4. The van der Waals surface area contributed by atoms with E-state index < -0.39 is 0 Å². The number of nitrogens with zero attached hydrogens (tertiary/aromatic N) is 3. The molecule has 6 nitrogen and oxygen atoms in total. The Balaban J connectivity index is 1.68. The second-order valence-electron chi connectivity index (χ2n) is 12.7. The number of phenols is 1. The molecule has 0 saturated carbocycles. The summed E-state index contributed by atoms with van der Waals surface area (Å²) in [5, 5.41) is 11.0. The van der Waals surface area contributed by atoms with Crippen LogP contribution >= 0.6 is 16.1 Å². The van der Waals surface area contributed by atoms with Gasteiger partial charge in [0, 0.05) is 49.2 Å². The van der Waals surface area contributed by atoms with Crippen molar-refractivity contribution >= 4 is 33.7 Å². The predicted molar refractivity (Wildman–Crippen MR) is 150 cm³/mol. The van der Waals surface area contributed by atoms with Crippen LogP contribution in [0.25, 0.3) is 0 Å². The van der Waals surface area contributed by atoms with Crippen molar-refractivity contribution in [2.75, 3.05) is 26.2 Å². The van der Waals surface area contributed by atoms with Gasteiger partial charge in [0.15, 0.2) is 5.78 Å². The lowest BCUT2D eigenvalue weighted by molar-refractivity contribution is -0.130. The minimum absolute atomic E-state index is 0.0527. The van der Waals surface area contributed by atoms with Crippen LogP contribution in [0.15, 0.2) is 16.2 Å². The van der Waals surface area contributed by atoms with E-state index in [2.05, 4.69) is 66.6 Å². The van der Waals surface area contributed by atoms with Crippen LogP contribution in [0.4, 0.5) is 0 Å². The largest absolute Gasteiger partial charge is 0.507 e. The molecular weight excluding hydrogens is 518 g/mol. The first-order chi connectivity index (χ1) is 16.7. The summed E-state index contributed by atoms with van der Waals surface area (Å²) in [4.78, 5) is 29.2. The summed E-state index contributed by atoms with van der Waals surface area (Å²) in [6.07, 6.45) is 5.33. The fourth-order valence-electron chi connectivity index (χ4n) is 5.55. The number of likely N-dealkylation sites (tertiary alicyclic amines) is 2. The first kappa shape index (κ1) is 28.7. The van der Waals surface area contributed by atoms with E-state index in [1.807, 2.05) is 17.0 Å². The number of aromatic hydroxyl groups is 1. The van der Waals surface area contributed by atoms with Gasteiger partial charge in [0.25, 0.3) is 0 Å². The number of amides is 1. The van der Waals surface area contributed by atoms with Crippen molar-refractivity contribution in [2.24, 2.45) is 15.9 Å². The van der Waals surface area contributed by atoms with Gasteiger partial charge in [-0.15, -0.1) is 0 Å². The maximum atomic E-state index is 13.5. The Bertz CT molecular complexity index is 963. The maximum Gasteiger partial charge on any atom is 0.219 e. The average Bonchev–Trinajstić information content (AvgIpc) is 3.17. The predicted octanol–water partition coefficient (Wildman–Crippen LogP) is 6.24. The number of Topliss-reactive ketones (excluding diaryl/α,β-unsaturated/α-hetero) is 1. The zero-order valence-corrected chi connectivity index (χ0v) is 24.7. The third-order valence-corrected chi connectivity index (χ3v) is 8.25. The van der Waals surface area contributed by atoms with Gasteiger partial charge in [-0.05, 0) is 61.0 Å². The Morgan fingerprint density at radius 3 is 2.00 bits per heavy atom. The highest BCUT2D eigenvalue weighted by Crippen LogP contribution is 2.40. The number of halogens is 1. The third-order valence-electron chi connectivity index (χ3n) is 7.89. The van der Waals surface area contributed by atoms with E-state index >= 15 is 0 Å². The zero-order valence-electron chi connectivity index (χ0n) is 23.2. The van der Waals surface area contributed by atoms with Crippen molar-refractivity contribution in [2.45, 2.75) is 91.4 Å². The first-order valence-electron chi connectivity index (χ1n) is 13.3. The highest BCUT2D eigenvalue weighted by Gasteiger charge is 2.33. The Labute approximate surface area is 225 Å². The number of ketones is 1. The number of hydrogen-bond donors (Lipinski definition) is 1. The highest BCUT2D eigenvalue weighted by molar-refractivity contribution is 9.08. The maximum absolute atomic E-state index is 13.5. The molecule has 0 aromatic heterocycles. The molecule has 0 aliphatic carbocycles. The molecule has 200 valence electrons. The molecule has 2 heterocycles. The summed E-state index contributed by atoms with van der Waals surface area (Å²) in [6.45, 7) is 16.9. The number of rotatable bonds is 6. The molecule has 1 N–H and O–H groups in total. The fraction of sp³-hybridized carbons (Fsp3) is 0.690. The molecule has 0 bridgehead atoms. The van der Waals surface area contributed by atoms with Crippen LogP contribution in [0.5, 0.6) is 5.75 Å². The molecule has 2 aliphatic rings. The molecule has 36 heavy (non-hydrogen) atoms. The monoisotopic (exact) mass is 561 g/mol. The molecule has 2 saturated heterocycles. The zero-order chi connectivity index (χ0) is 26.8. The van der Waals surface area contributed by atoms with Gasteiger partial charge >= 0.3 is 0 Å². The molecule has 2 fully saturated rings. The Kier molecular flexibility index (Phi) is 8.95. The normalized spacial score (nSPS) is 20.9. The molecule has 1 unspecified atom stereocenters. The smallest absolute Gasteiger partial charge is 0.219 e. The summed E-state index contributed by atoms with van der Waals surface area (Å²) in [5.41, 5.74) is 1.72. The summed E-state index contributed by atoms with van der Waals surface area (Å²) in [7, 11) is 0. The Morgan fingerprint density at radius 1 is 0.972 bits per heavy atom. The standard InChI is InChI=1S/C29H44BrN3O3/c1-19(34)32-13-10-20(11-14-32)8-9-21-12-15-33(27(21)31-30)18-25(35)22-16-23(28(2,3)4)26(36)24(17-22)29(5,6)7/h16-17,20-21,36H,8-15,18H2,1-7H3/b31-27-. The lowest BCUT2D eigenvalue weighted by Crippen LogP contribution is -2.37. The van der Waals surface area contributed by atoms with E-state index in [1.54, 1.807) is 6.92 Å². The van der Waals surface area contributed by atoms with Crippen molar-refractivity contribution in [3.63, 3.8) is 0 Å². The lowest BCUT2D eigenvalue weighted by atomic mass is 9.78. The molecular formula is C29H44BrN3O3. The molecule has 3 rings (SSSR count). The van der Waals surface area contributed by atoms with E-state index in [0.717, 1.165) is 68.7 Å². The number of benzene rings is 1. The van der Waals surface area contributed by atoms with Crippen LogP contribution < -0.4 is 0 Å². The number of phenolic OH excluding ortho intramolecular Hbond substituents is 1. The van der Waals surface area contributed by atoms with Gasteiger partial charge < -0.3 is 14.9 Å². The molecule has 1 atom stereocenters. The number of piperidine rings is 1. The van der Waals surface area contributed by atoms with E-state index in [9.17, 15) is 14.7 Å². The van der Waals surface area contributed by atoms with Crippen LogP contribution in [0, 0.1) is 11.8 Å². The molecule has 0 radical (unpaired) electrons. The first-order valence-corrected chi connectivity index (χ1v) is 14.0. The van der Waals surface area contributed by atoms with Crippen molar-refractivity contribution < 1.29 is 14.7 Å². The van der Waals surface area contributed by atoms with Crippen molar-refractivity contribution in [3.05, 3.63) is 28.8 Å². The molecule has 1 aromatic rings. The SMILES string of the molecule is CC(=O)N1CCC(CCC2CCN(CC(=O)c3cc(C(C)(C)C)c(O)c(C(C)(C)C)c3)/C2=N\Br)CC1. The second-order valence-corrected chi connectivity index (χ2v) is 13.1. The van der Waals surface area contributed by atoms with Crippen molar-refractivity contribution in [3.8, 4) is 5.75 Å². The molecule has 1 amide bonds. The van der Waals surface area contributed by atoms with Gasteiger partial charge in [0.2, 0.25) is 5.91 Å². The molecule has 0 spiro atoms. The number of amidine groups is 1. The van der Waals surface area contributed by atoms with E-state index in [1.165, 1.54) is 0 Å². The van der Waals surface area contributed by atoms with Crippen molar-refractivity contribution in [1.82, 2.24) is 9.80 Å². The third kappa shape index (κ3) is 6.70. The quantitative estimate of drug-likeness (QED) is 0.417. The Hall–Kier alpha value is -1.89. The summed E-state index contributed by atoms with van der Waals surface area (Å²) < 4.78 is 4.43. The van der Waals surface area contributed by atoms with E-state index in [-0.39, 0.29) is 29.1 Å². The average molecular weight is 563 g/mol. The van der Waals surface area contributed by atoms with Gasteiger partial charge in [0.05, 0.1) is 22.7 Å². The van der Waals surface area contributed by atoms with Crippen LogP contribution in [0.2, 0.25) is 0 Å². The van der Waals surface area contributed by atoms with Gasteiger partial charge in [-0.2, -0.15) is 4.02 Å². The molecule has 7 heteroatoms. The fourth-order valence-corrected chi connectivity index (χ4v) is 6.06. The van der Waals surface area contributed by atoms with E-state index in [4.69, 9.17) is 0 Å². The van der Waals surface area contributed by atoms with Crippen molar-refractivity contribution in [1.29, 1.82) is 0 Å². The summed E-state index contributed by atoms with van der Waals surface area (Å²) in [5.74, 6) is 2.49.